The lowest BCUT2D eigenvalue weighted by atomic mass is 10.1. The number of nitrogens with one attached hydrogen (secondary N) is 3. The van der Waals surface area contributed by atoms with Crippen LogP contribution in [0.5, 0.6) is 0 Å². The van der Waals surface area contributed by atoms with Crippen LogP contribution in [0.3, 0.4) is 0 Å². The van der Waals surface area contributed by atoms with E-state index in [1.165, 1.54) is 0 Å². The Bertz CT molecular complexity index is 1150. The highest BCUT2D eigenvalue weighted by molar-refractivity contribution is 6.07. The highest BCUT2D eigenvalue weighted by atomic mass is 16.2. The van der Waals surface area contributed by atoms with Crippen LogP contribution in [-0.2, 0) is 4.79 Å². The number of hydrogen-bond donors (Lipinski definition) is 3. The maximum absolute atomic E-state index is 13.0. The normalized spacial score (nSPS) is 10.5. The van der Waals surface area contributed by atoms with Crippen LogP contribution in [0.4, 0.5) is 17.1 Å². The zero-order valence-corrected chi connectivity index (χ0v) is 19.7. The third-order valence-corrected chi connectivity index (χ3v) is 5.02. The van der Waals surface area contributed by atoms with Gasteiger partial charge in [-0.2, -0.15) is 0 Å². The first-order chi connectivity index (χ1) is 16.4. The molecule has 176 valence electrons. The molecule has 7 nitrogen and oxygen atoms in total. The Morgan fingerprint density at radius 3 is 2.15 bits per heavy atom. The molecule has 0 unspecified atom stereocenters. The van der Waals surface area contributed by atoms with Crippen LogP contribution < -0.4 is 20.9 Å². The predicted octanol–water partition coefficient (Wildman–Crippen LogP) is 4.54. The van der Waals surface area contributed by atoms with E-state index < -0.39 is 0 Å². The largest absolute Gasteiger partial charge is 0.376 e. The van der Waals surface area contributed by atoms with Gasteiger partial charge in [-0.05, 0) is 69.3 Å². The highest BCUT2D eigenvalue weighted by Crippen LogP contribution is 2.19. The fourth-order valence-electron chi connectivity index (χ4n) is 3.44. The molecule has 3 aromatic carbocycles. The first-order valence-electron chi connectivity index (χ1n) is 11.3. The van der Waals surface area contributed by atoms with Crippen molar-refractivity contribution >= 4 is 34.8 Å². The fourth-order valence-corrected chi connectivity index (χ4v) is 3.44. The Morgan fingerprint density at radius 1 is 0.824 bits per heavy atom. The lowest BCUT2D eigenvalue weighted by Gasteiger charge is -2.21. The van der Waals surface area contributed by atoms with Crippen molar-refractivity contribution in [2.24, 2.45) is 0 Å². The van der Waals surface area contributed by atoms with Crippen LogP contribution in [0.15, 0.2) is 78.9 Å². The number of benzene rings is 3. The van der Waals surface area contributed by atoms with Crippen molar-refractivity contribution in [2.75, 3.05) is 28.6 Å². The minimum atomic E-state index is -0.267. The number of rotatable bonds is 9. The zero-order chi connectivity index (χ0) is 24.5. The summed E-state index contributed by atoms with van der Waals surface area (Å²) >= 11 is 0. The number of amides is 3. The van der Waals surface area contributed by atoms with Crippen LogP contribution in [0.2, 0.25) is 0 Å². The van der Waals surface area contributed by atoms with Gasteiger partial charge in [-0.15, -0.1) is 0 Å². The molecule has 0 saturated heterocycles. The maximum atomic E-state index is 13.0. The van der Waals surface area contributed by atoms with Gasteiger partial charge in [0.25, 0.3) is 11.8 Å². The molecular formula is C27H30N4O3. The van der Waals surface area contributed by atoms with Crippen LogP contribution in [0.25, 0.3) is 0 Å². The summed E-state index contributed by atoms with van der Waals surface area (Å²) in [6.07, 6.45) is 0. The molecule has 0 heterocycles. The fraction of sp³-hybridized carbons (Fsp3) is 0.222. The summed E-state index contributed by atoms with van der Waals surface area (Å²) < 4.78 is 0. The van der Waals surface area contributed by atoms with Crippen LogP contribution in [-0.4, -0.2) is 36.9 Å². The third kappa shape index (κ3) is 6.68. The van der Waals surface area contributed by atoms with Gasteiger partial charge in [0.15, 0.2) is 0 Å². The summed E-state index contributed by atoms with van der Waals surface area (Å²) in [6.45, 7) is 6.25. The van der Waals surface area contributed by atoms with Gasteiger partial charge in [-0.3, -0.25) is 14.4 Å². The van der Waals surface area contributed by atoms with E-state index in [1.54, 1.807) is 53.4 Å². The van der Waals surface area contributed by atoms with Crippen molar-refractivity contribution in [3.05, 3.63) is 90.0 Å². The molecule has 0 bridgehead atoms. The average molecular weight is 459 g/mol. The second-order valence-corrected chi connectivity index (χ2v) is 8.08. The van der Waals surface area contributed by atoms with E-state index in [0.29, 0.717) is 29.0 Å². The van der Waals surface area contributed by atoms with Crippen LogP contribution >= 0.6 is 0 Å². The Labute approximate surface area is 200 Å². The second kappa shape index (κ2) is 11.7. The van der Waals surface area contributed by atoms with Crippen molar-refractivity contribution in [1.29, 1.82) is 0 Å². The van der Waals surface area contributed by atoms with Crippen LogP contribution in [0.1, 0.15) is 41.5 Å². The molecule has 0 aliphatic heterocycles. The Morgan fingerprint density at radius 2 is 1.47 bits per heavy atom. The lowest BCUT2D eigenvalue weighted by Crippen LogP contribution is -2.30. The number of anilines is 3. The van der Waals surface area contributed by atoms with Gasteiger partial charge in [-0.1, -0.05) is 30.3 Å². The molecule has 0 aliphatic carbocycles. The minimum absolute atomic E-state index is 0.0124. The lowest BCUT2D eigenvalue weighted by molar-refractivity contribution is -0.114. The van der Waals surface area contributed by atoms with Gasteiger partial charge in [-0.25, -0.2) is 0 Å². The van der Waals surface area contributed by atoms with E-state index in [0.717, 1.165) is 5.69 Å². The predicted molar refractivity (Wildman–Crippen MR) is 136 cm³/mol. The Hall–Kier alpha value is -4.13. The van der Waals surface area contributed by atoms with E-state index in [-0.39, 0.29) is 30.3 Å². The van der Waals surface area contributed by atoms with Gasteiger partial charge < -0.3 is 20.9 Å². The molecule has 0 radical (unpaired) electrons. The van der Waals surface area contributed by atoms with Gasteiger partial charge in [0, 0.05) is 40.8 Å². The summed E-state index contributed by atoms with van der Waals surface area (Å²) in [7, 11) is 0. The molecule has 3 N–H and O–H groups in total. The quantitative estimate of drug-likeness (QED) is 0.439. The minimum Gasteiger partial charge on any atom is -0.376 e. The van der Waals surface area contributed by atoms with E-state index in [9.17, 15) is 14.4 Å². The van der Waals surface area contributed by atoms with E-state index in [2.05, 4.69) is 16.0 Å². The smallest absolute Gasteiger partial charge is 0.258 e. The van der Waals surface area contributed by atoms with Crippen molar-refractivity contribution in [3.8, 4) is 0 Å². The summed E-state index contributed by atoms with van der Waals surface area (Å²) in [6, 6.07) is 23.4. The van der Waals surface area contributed by atoms with Gasteiger partial charge in [0.2, 0.25) is 5.91 Å². The summed E-state index contributed by atoms with van der Waals surface area (Å²) in [5.74, 6) is -0.572. The highest BCUT2D eigenvalue weighted by Gasteiger charge is 2.16. The van der Waals surface area contributed by atoms with Crippen molar-refractivity contribution in [3.63, 3.8) is 0 Å². The number of hydrogen-bond acceptors (Lipinski definition) is 4. The van der Waals surface area contributed by atoms with Gasteiger partial charge in [0.1, 0.15) is 0 Å². The number of nitrogens with zero attached hydrogens (tertiary/aromatic N) is 1. The molecule has 0 aliphatic rings. The van der Waals surface area contributed by atoms with E-state index >= 15 is 0 Å². The van der Waals surface area contributed by atoms with Crippen molar-refractivity contribution in [2.45, 2.75) is 26.8 Å². The molecule has 3 amide bonds. The number of para-hydroxylation sites is 1. The average Bonchev–Trinajstić information content (AvgIpc) is 2.84. The van der Waals surface area contributed by atoms with Crippen LogP contribution in [0, 0.1) is 0 Å². The summed E-state index contributed by atoms with van der Waals surface area (Å²) in [5.41, 5.74) is 3.02. The molecule has 0 fully saturated rings. The zero-order valence-electron chi connectivity index (χ0n) is 19.7. The molecule has 34 heavy (non-hydrogen) atoms. The SMILES string of the molecule is CCN(C(=O)c1cccc(NC(=O)CNc2cccc(C(=O)NC(C)C)c2)c1)c1ccccc1. The second-order valence-electron chi connectivity index (χ2n) is 8.08. The first-order valence-corrected chi connectivity index (χ1v) is 11.3. The van der Waals surface area contributed by atoms with Crippen molar-refractivity contribution in [1.82, 2.24) is 5.32 Å². The maximum Gasteiger partial charge on any atom is 0.258 e. The number of carbonyl (C=O) groups excluding carboxylic acids is 3. The summed E-state index contributed by atoms with van der Waals surface area (Å²) in [4.78, 5) is 39.4. The summed E-state index contributed by atoms with van der Waals surface area (Å²) in [5, 5.41) is 8.69. The van der Waals surface area contributed by atoms with Crippen molar-refractivity contribution < 1.29 is 14.4 Å². The molecule has 7 heteroatoms. The monoisotopic (exact) mass is 458 g/mol. The Balaban J connectivity index is 1.61. The molecule has 0 atom stereocenters. The van der Waals surface area contributed by atoms with E-state index in [4.69, 9.17) is 0 Å². The Kier molecular flexibility index (Phi) is 8.40. The first kappa shape index (κ1) is 24.5. The molecule has 3 aromatic rings. The van der Waals surface area contributed by atoms with Gasteiger partial charge in [0.05, 0.1) is 6.54 Å². The van der Waals surface area contributed by atoms with E-state index in [1.807, 2.05) is 51.1 Å². The molecule has 3 rings (SSSR count). The molecule has 0 spiro atoms. The third-order valence-electron chi connectivity index (χ3n) is 5.02. The molecular weight excluding hydrogens is 428 g/mol. The molecule has 0 saturated carbocycles. The number of carbonyl (C=O) groups is 3. The molecule has 0 aromatic heterocycles. The topological polar surface area (TPSA) is 90.5 Å². The standard InChI is InChI=1S/C27H30N4O3/c1-4-31(24-14-6-5-7-15-24)27(34)21-11-9-13-23(17-21)30-25(32)18-28-22-12-8-10-20(16-22)26(33)29-19(2)3/h5-17,19,28H,4,18H2,1-3H3,(H,29,33)(H,30,32). The van der Waals surface area contributed by atoms with Gasteiger partial charge >= 0.3 is 0 Å².